The van der Waals surface area contributed by atoms with Crippen molar-refractivity contribution in [3.8, 4) is 0 Å². The fraction of sp³-hybridized carbons (Fsp3) is 0.500. The summed E-state index contributed by atoms with van der Waals surface area (Å²) in [6, 6.07) is 0.285. The van der Waals surface area contributed by atoms with Gasteiger partial charge in [-0.05, 0) is 12.8 Å². The second-order valence-corrected chi connectivity index (χ2v) is 3.19. The average Bonchev–Trinajstić information content (AvgIpc) is 2.35. The van der Waals surface area contributed by atoms with Crippen LogP contribution in [0.5, 0.6) is 0 Å². The Bertz CT molecular complexity index is 223. The van der Waals surface area contributed by atoms with Crippen LogP contribution in [0.3, 0.4) is 0 Å². The Hall–Kier alpha value is -0.120. The Morgan fingerprint density at radius 3 is 3.20 bits per heavy atom. The molecule has 0 saturated heterocycles. The lowest BCUT2D eigenvalue weighted by atomic mass is 10.3. The van der Waals surface area contributed by atoms with Crippen molar-refractivity contribution in [2.24, 2.45) is 5.73 Å². The molecule has 10 heavy (non-hydrogen) atoms. The minimum Gasteiger partial charge on any atom is -0.323 e. The molecule has 1 unspecified atom stereocenters. The molecule has 0 amide bonds. The first kappa shape index (κ1) is 7.98. The molecule has 1 aliphatic rings. The minimum atomic E-state index is 0. The number of nitrogens with zero attached hydrogens (tertiary/aromatic N) is 1. The molecule has 0 fully saturated rings. The Morgan fingerprint density at radius 2 is 2.50 bits per heavy atom. The fourth-order valence-electron chi connectivity index (χ4n) is 1.19. The molecule has 0 bridgehead atoms. The topological polar surface area (TPSA) is 38.9 Å². The van der Waals surface area contributed by atoms with Crippen LogP contribution in [-0.2, 0) is 6.42 Å². The number of hydrogen-bond acceptors (Lipinski definition) is 3. The van der Waals surface area contributed by atoms with Crippen molar-refractivity contribution in [3.63, 3.8) is 0 Å². The molecular formula is C6H9ClN2S. The molecule has 1 atom stereocenters. The highest BCUT2D eigenvalue weighted by molar-refractivity contribution is 7.09. The van der Waals surface area contributed by atoms with Gasteiger partial charge in [-0.2, -0.15) is 0 Å². The Kier molecular flexibility index (Phi) is 2.28. The Morgan fingerprint density at radius 1 is 1.70 bits per heavy atom. The summed E-state index contributed by atoms with van der Waals surface area (Å²) >= 11 is 1.68. The maximum atomic E-state index is 5.76. The van der Waals surface area contributed by atoms with E-state index in [2.05, 4.69) is 4.98 Å². The van der Waals surface area contributed by atoms with Gasteiger partial charge in [0, 0.05) is 10.9 Å². The zero-order valence-electron chi connectivity index (χ0n) is 5.41. The second-order valence-electron chi connectivity index (χ2n) is 2.31. The number of nitrogens with two attached hydrogens (primary N) is 1. The van der Waals surface area contributed by atoms with Gasteiger partial charge < -0.3 is 5.73 Å². The average molecular weight is 177 g/mol. The number of aryl methyl sites for hydroxylation is 1. The summed E-state index contributed by atoms with van der Waals surface area (Å²) in [7, 11) is 0. The molecule has 0 saturated carbocycles. The molecule has 0 aliphatic heterocycles. The van der Waals surface area contributed by atoms with E-state index in [1.54, 1.807) is 11.3 Å². The van der Waals surface area contributed by atoms with Crippen LogP contribution in [0.1, 0.15) is 23.0 Å². The maximum absolute atomic E-state index is 5.76. The number of halogens is 1. The quantitative estimate of drug-likeness (QED) is 0.651. The van der Waals surface area contributed by atoms with E-state index in [1.807, 2.05) is 5.51 Å². The lowest BCUT2D eigenvalue weighted by Crippen LogP contribution is -2.02. The van der Waals surface area contributed by atoms with Crippen molar-refractivity contribution >= 4 is 23.7 Å². The largest absolute Gasteiger partial charge is 0.323 e. The molecule has 1 aliphatic carbocycles. The van der Waals surface area contributed by atoms with Gasteiger partial charge in [-0.3, -0.25) is 0 Å². The minimum absolute atomic E-state index is 0. The normalized spacial score (nSPS) is 21.9. The van der Waals surface area contributed by atoms with Crippen LogP contribution in [0, 0.1) is 0 Å². The highest BCUT2D eigenvalue weighted by Gasteiger charge is 2.20. The van der Waals surface area contributed by atoms with Crippen LogP contribution in [0.4, 0.5) is 0 Å². The smallest absolute Gasteiger partial charge is 0.0798 e. The molecule has 2 N–H and O–H groups in total. The first-order valence-corrected chi connectivity index (χ1v) is 3.94. The van der Waals surface area contributed by atoms with Gasteiger partial charge >= 0.3 is 0 Å². The van der Waals surface area contributed by atoms with Crippen molar-refractivity contribution in [1.82, 2.24) is 4.98 Å². The predicted octanol–water partition coefficient (Wildman–Crippen LogP) is 1.51. The van der Waals surface area contributed by atoms with Gasteiger partial charge in [0.25, 0.3) is 0 Å². The highest BCUT2D eigenvalue weighted by Crippen LogP contribution is 2.30. The van der Waals surface area contributed by atoms with Crippen molar-refractivity contribution in [3.05, 3.63) is 16.1 Å². The molecule has 4 heteroatoms. The number of aromatic nitrogens is 1. The molecule has 0 aromatic carbocycles. The fourth-order valence-corrected chi connectivity index (χ4v) is 2.07. The van der Waals surface area contributed by atoms with E-state index in [4.69, 9.17) is 5.73 Å². The zero-order chi connectivity index (χ0) is 6.27. The van der Waals surface area contributed by atoms with Gasteiger partial charge in [0.05, 0.1) is 11.2 Å². The van der Waals surface area contributed by atoms with Crippen LogP contribution in [-0.4, -0.2) is 4.98 Å². The summed E-state index contributed by atoms with van der Waals surface area (Å²) < 4.78 is 0. The molecular weight excluding hydrogens is 168 g/mol. The molecule has 2 nitrogen and oxygen atoms in total. The molecule has 0 radical (unpaired) electrons. The first-order chi connectivity index (χ1) is 4.38. The van der Waals surface area contributed by atoms with Gasteiger partial charge in [0.2, 0.25) is 0 Å². The van der Waals surface area contributed by atoms with Crippen molar-refractivity contribution < 1.29 is 0 Å². The predicted molar refractivity (Wildman–Crippen MR) is 44.6 cm³/mol. The van der Waals surface area contributed by atoms with E-state index in [-0.39, 0.29) is 18.4 Å². The summed E-state index contributed by atoms with van der Waals surface area (Å²) in [6.07, 6.45) is 2.18. The van der Waals surface area contributed by atoms with Crippen molar-refractivity contribution in [2.45, 2.75) is 18.9 Å². The Balaban J connectivity index is 0.000000500. The number of fused-ring (bicyclic) bond motifs is 1. The summed E-state index contributed by atoms with van der Waals surface area (Å²) in [5, 5.41) is 0. The number of thiazole rings is 1. The maximum Gasteiger partial charge on any atom is 0.0798 e. The van der Waals surface area contributed by atoms with Gasteiger partial charge in [-0.25, -0.2) is 4.98 Å². The number of rotatable bonds is 0. The van der Waals surface area contributed by atoms with E-state index < -0.39 is 0 Å². The lowest BCUT2D eigenvalue weighted by Gasteiger charge is -1.95. The molecule has 2 rings (SSSR count). The van der Waals surface area contributed by atoms with Gasteiger partial charge in [-0.15, -0.1) is 23.7 Å². The second kappa shape index (κ2) is 2.86. The highest BCUT2D eigenvalue weighted by atomic mass is 35.5. The third-order valence-electron chi connectivity index (χ3n) is 1.70. The third kappa shape index (κ3) is 1.05. The van der Waals surface area contributed by atoms with Crippen molar-refractivity contribution in [1.29, 1.82) is 0 Å². The third-order valence-corrected chi connectivity index (χ3v) is 2.70. The Labute approximate surface area is 69.9 Å². The van der Waals surface area contributed by atoms with E-state index in [9.17, 15) is 0 Å². The van der Waals surface area contributed by atoms with Crippen molar-refractivity contribution in [2.75, 3.05) is 0 Å². The van der Waals surface area contributed by atoms with E-state index in [0.29, 0.717) is 0 Å². The monoisotopic (exact) mass is 176 g/mol. The molecule has 56 valence electrons. The summed E-state index contributed by atoms with van der Waals surface area (Å²) in [6.45, 7) is 0. The van der Waals surface area contributed by atoms with Crippen LogP contribution >= 0.6 is 23.7 Å². The van der Waals surface area contributed by atoms with Crippen LogP contribution in [0.15, 0.2) is 5.51 Å². The van der Waals surface area contributed by atoms with Crippen LogP contribution in [0.2, 0.25) is 0 Å². The molecule has 1 aromatic rings. The first-order valence-electron chi connectivity index (χ1n) is 3.06. The zero-order valence-corrected chi connectivity index (χ0v) is 7.04. The van der Waals surface area contributed by atoms with Gasteiger partial charge in [0.15, 0.2) is 0 Å². The SMILES string of the molecule is Cl.NC1CCc2ncsc21. The molecule has 0 spiro atoms. The van der Waals surface area contributed by atoms with Crippen LogP contribution < -0.4 is 5.73 Å². The van der Waals surface area contributed by atoms with E-state index in [1.165, 1.54) is 10.6 Å². The van der Waals surface area contributed by atoms with Gasteiger partial charge in [-0.1, -0.05) is 0 Å². The van der Waals surface area contributed by atoms with Crippen LogP contribution in [0.25, 0.3) is 0 Å². The summed E-state index contributed by atoms with van der Waals surface area (Å²) in [4.78, 5) is 5.49. The van der Waals surface area contributed by atoms with E-state index in [0.717, 1.165) is 12.8 Å². The van der Waals surface area contributed by atoms with Gasteiger partial charge in [0.1, 0.15) is 0 Å². The molecule has 1 heterocycles. The van der Waals surface area contributed by atoms with E-state index >= 15 is 0 Å². The number of hydrogen-bond donors (Lipinski definition) is 1. The standard InChI is InChI=1S/C6H8N2S.ClH/c7-4-1-2-5-6(4)9-3-8-5;/h3-4H,1-2,7H2;1H. The summed E-state index contributed by atoms with van der Waals surface area (Å²) in [5.74, 6) is 0. The lowest BCUT2D eigenvalue weighted by molar-refractivity contribution is 0.719. The summed E-state index contributed by atoms with van der Waals surface area (Å²) in [5.41, 5.74) is 8.87. The molecule has 1 aromatic heterocycles.